The Bertz CT molecular complexity index is 150. The van der Waals surface area contributed by atoms with Crippen molar-refractivity contribution >= 4 is 23.3 Å². The molecule has 4 nitrogen and oxygen atoms in total. The van der Waals surface area contributed by atoms with Gasteiger partial charge in [-0.25, -0.2) is 0 Å². The SMILES string of the molecule is CCNC(=S)NCC(=O)OC. The van der Waals surface area contributed by atoms with E-state index in [1.54, 1.807) is 0 Å². The largest absolute Gasteiger partial charge is 0.468 e. The van der Waals surface area contributed by atoms with Gasteiger partial charge in [0.2, 0.25) is 0 Å². The quantitative estimate of drug-likeness (QED) is 0.454. The number of hydrogen-bond donors (Lipinski definition) is 2. The molecule has 0 unspecified atom stereocenters. The second-order valence-electron chi connectivity index (χ2n) is 1.79. The average molecular weight is 176 g/mol. The number of rotatable bonds is 3. The molecule has 0 fully saturated rings. The first-order valence-corrected chi connectivity index (χ1v) is 3.70. The molecule has 0 saturated carbocycles. The smallest absolute Gasteiger partial charge is 0.325 e. The highest BCUT2D eigenvalue weighted by Gasteiger charge is 1.99. The van der Waals surface area contributed by atoms with Crippen molar-refractivity contribution in [2.24, 2.45) is 0 Å². The van der Waals surface area contributed by atoms with Crippen LogP contribution in [-0.2, 0) is 9.53 Å². The van der Waals surface area contributed by atoms with Gasteiger partial charge in [0, 0.05) is 6.54 Å². The van der Waals surface area contributed by atoms with Gasteiger partial charge in [-0.15, -0.1) is 0 Å². The van der Waals surface area contributed by atoms with Crippen LogP contribution in [0, 0.1) is 0 Å². The van der Waals surface area contributed by atoms with Gasteiger partial charge < -0.3 is 15.4 Å². The summed E-state index contributed by atoms with van der Waals surface area (Å²) < 4.78 is 4.39. The van der Waals surface area contributed by atoms with Crippen molar-refractivity contribution in [2.45, 2.75) is 6.92 Å². The van der Waals surface area contributed by atoms with Gasteiger partial charge in [0.1, 0.15) is 6.54 Å². The van der Waals surface area contributed by atoms with Crippen LogP contribution in [-0.4, -0.2) is 31.3 Å². The standard InChI is InChI=1S/C6H12N2O2S/c1-3-7-6(11)8-4-5(9)10-2/h3-4H2,1-2H3,(H2,7,8,11). The van der Waals surface area contributed by atoms with Gasteiger partial charge in [-0.3, -0.25) is 4.79 Å². The van der Waals surface area contributed by atoms with Crippen molar-refractivity contribution in [3.63, 3.8) is 0 Å². The van der Waals surface area contributed by atoms with E-state index >= 15 is 0 Å². The number of ether oxygens (including phenoxy) is 1. The Labute approximate surface area is 71.3 Å². The molecule has 5 heteroatoms. The molecule has 0 radical (unpaired) electrons. The van der Waals surface area contributed by atoms with Gasteiger partial charge in [0.25, 0.3) is 0 Å². The summed E-state index contributed by atoms with van der Waals surface area (Å²) in [5, 5.41) is 5.99. The predicted octanol–water partition coefficient (Wildman–Crippen LogP) is -0.357. The summed E-state index contributed by atoms with van der Waals surface area (Å²) in [7, 11) is 1.33. The highest BCUT2D eigenvalue weighted by atomic mass is 32.1. The minimum Gasteiger partial charge on any atom is -0.468 e. The Morgan fingerprint density at radius 1 is 1.55 bits per heavy atom. The summed E-state index contributed by atoms with van der Waals surface area (Å²) in [6.07, 6.45) is 0. The molecule has 0 spiro atoms. The highest BCUT2D eigenvalue weighted by molar-refractivity contribution is 7.80. The monoisotopic (exact) mass is 176 g/mol. The van der Waals surface area contributed by atoms with E-state index in [2.05, 4.69) is 15.4 Å². The fraction of sp³-hybridized carbons (Fsp3) is 0.667. The Kier molecular flexibility index (Phi) is 5.46. The Hall–Kier alpha value is -0.840. The van der Waals surface area contributed by atoms with Gasteiger partial charge in [-0.1, -0.05) is 0 Å². The summed E-state index contributed by atoms with van der Waals surface area (Å²) in [6, 6.07) is 0. The van der Waals surface area contributed by atoms with Crippen LogP contribution in [0.2, 0.25) is 0 Å². The molecule has 0 heterocycles. The van der Waals surface area contributed by atoms with Crippen LogP contribution in [0.25, 0.3) is 0 Å². The highest BCUT2D eigenvalue weighted by Crippen LogP contribution is 1.70. The van der Waals surface area contributed by atoms with E-state index in [1.807, 2.05) is 6.92 Å². The summed E-state index contributed by atoms with van der Waals surface area (Å²) in [5.41, 5.74) is 0. The van der Waals surface area contributed by atoms with Gasteiger partial charge in [0.05, 0.1) is 7.11 Å². The van der Waals surface area contributed by atoms with Crippen LogP contribution in [0.1, 0.15) is 6.92 Å². The van der Waals surface area contributed by atoms with Crippen LogP contribution >= 0.6 is 12.2 Å². The van der Waals surface area contributed by atoms with Crippen LogP contribution < -0.4 is 10.6 Å². The Morgan fingerprint density at radius 3 is 2.64 bits per heavy atom. The maximum Gasteiger partial charge on any atom is 0.325 e. The number of esters is 1. The molecular formula is C6H12N2O2S. The second kappa shape index (κ2) is 5.91. The van der Waals surface area contributed by atoms with E-state index in [9.17, 15) is 4.79 Å². The van der Waals surface area contributed by atoms with E-state index in [4.69, 9.17) is 12.2 Å². The molecule has 64 valence electrons. The molecule has 0 saturated heterocycles. The maximum atomic E-state index is 10.5. The third-order valence-electron chi connectivity index (χ3n) is 0.958. The molecule has 11 heavy (non-hydrogen) atoms. The molecule has 0 aromatic heterocycles. The van der Waals surface area contributed by atoms with Crippen molar-refractivity contribution in [2.75, 3.05) is 20.2 Å². The molecular weight excluding hydrogens is 164 g/mol. The second-order valence-corrected chi connectivity index (χ2v) is 2.20. The maximum absolute atomic E-state index is 10.5. The fourth-order valence-electron chi connectivity index (χ4n) is 0.448. The molecule has 0 atom stereocenters. The van der Waals surface area contributed by atoms with E-state index < -0.39 is 0 Å². The first kappa shape index (κ1) is 10.2. The summed E-state index contributed by atoms with van der Waals surface area (Å²) >= 11 is 4.79. The van der Waals surface area contributed by atoms with Gasteiger partial charge in [-0.05, 0) is 19.1 Å². The normalized spacial score (nSPS) is 8.55. The van der Waals surface area contributed by atoms with Gasteiger partial charge in [-0.2, -0.15) is 0 Å². The molecule has 2 N–H and O–H groups in total. The molecule has 0 bridgehead atoms. The van der Waals surface area contributed by atoms with E-state index in [1.165, 1.54) is 7.11 Å². The van der Waals surface area contributed by atoms with Crippen molar-refractivity contribution in [3.8, 4) is 0 Å². The molecule has 0 amide bonds. The summed E-state index contributed by atoms with van der Waals surface area (Å²) in [5.74, 6) is -0.328. The molecule has 0 aliphatic rings. The first-order valence-electron chi connectivity index (χ1n) is 3.29. The molecule has 0 aliphatic carbocycles. The van der Waals surface area contributed by atoms with Crippen molar-refractivity contribution in [1.82, 2.24) is 10.6 Å². The fourth-order valence-corrected chi connectivity index (χ4v) is 0.664. The van der Waals surface area contributed by atoms with Crippen molar-refractivity contribution in [3.05, 3.63) is 0 Å². The molecule has 0 aromatic rings. The Morgan fingerprint density at radius 2 is 2.18 bits per heavy atom. The lowest BCUT2D eigenvalue weighted by Crippen LogP contribution is -2.38. The third kappa shape index (κ3) is 5.60. The number of hydrogen-bond acceptors (Lipinski definition) is 3. The van der Waals surface area contributed by atoms with Crippen LogP contribution in [0.5, 0.6) is 0 Å². The lowest BCUT2D eigenvalue weighted by atomic mass is 10.6. The van der Waals surface area contributed by atoms with Gasteiger partial charge in [0.15, 0.2) is 5.11 Å². The lowest BCUT2D eigenvalue weighted by molar-refractivity contribution is -0.139. The lowest BCUT2D eigenvalue weighted by Gasteiger charge is -2.06. The van der Waals surface area contributed by atoms with Crippen molar-refractivity contribution in [1.29, 1.82) is 0 Å². The Balaban J connectivity index is 3.38. The number of thiocarbonyl (C=S) groups is 1. The van der Waals surface area contributed by atoms with E-state index in [0.717, 1.165) is 6.54 Å². The zero-order chi connectivity index (χ0) is 8.69. The number of carbonyl (C=O) groups is 1. The van der Waals surface area contributed by atoms with E-state index in [0.29, 0.717) is 5.11 Å². The average Bonchev–Trinajstić information content (AvgIpc) is 2.01. The van der Waals surface area contributed by atoms with E-state index in [-0.39, 0.29) is 12.5 Å². The zero-order valence-corrected chi connectivity index (χ0v) is 7.46. The minimum absolute atomic E-state index is 0.113. The first-order chi connectivity index (χ1) is 5.20. The van der Waals surface area contributed by atoms with Gasteiger partial charge >= 0.3 is 5.97 Å². The van der Waals surface area contributed by atoms with Crippen LogP contribution in [0.4, 0.5) is 0 Å². The zero-order valence-electron chi connectivity index (χ0n) is 6.64. The third-order valence-corrected chi connectivity index (χ3v) is 1.25. The molecule has 0 aromatic carbocycles. The molecule has 0 aliphatic heterocycles. The number of carbonyl (C=O) groups excluding carboxylic acids is 1. The number of nitrogens with one attached hydrogen (secondary N) is 2. The predicted molar refractivity (Wildman–Crippen MR) is 46.3 cm³/mol. The number of methoxy groups -OCH3 is 1. The summed E-state index contributed by atoms with van der Waals surface area (Å²) in [6.45, 7) is 2.78. The topological polar surface area (TPSA) is 50.4 Å². The van der Waals surface area contributed by atoms with Crippen LogP contribution in [0.15, 0.2) is 0 Å². The minimum atomic E-state index is -0.328. The van der Waals surface area contributed by atoms with Crippen LogP contribution in [0.3, 0.4) is 0 Å². The molecule has 0 rings (SSSR count). The van der Waals surface area contributed by atoms with Crippen molar-refractivity contribution < 1.29 is 9.53 Å². The summed E-state index contributed by atoms with van der Waals surface area (Å²) in [4.78, 5) is 10.5.